The van der Waals surface area contributed by atoms with E-state index in [0.29, 0.717) is 12.0 Å². The van der Waals surface area contributed by atoms with E-state index in [1.165, 1.54) is 19.3 Å². The van der Waals surface area contributed by atoms with Crippen LogP contribution in [0.4, 0.5) is 0 Å². The predicted molar refractivity (Wildman–Crippen MR) is 73.4 cm³/mol. The molecule has 1 aliphatic rings. The number of aryl methyl sites for hydroxylation is 1. The van der Waals surface area contributed by atoms with Crippen LogP contribution in [0.25, 0.3) is 0 Å². The molecule has 0 spiro atoms. The van der Waals surface area contributed by atoms with Gasteiger partial charge in [0.25, 0.3) is 0 Å². The van der Waals surface area contributed by atoms with Crippen molar-refractivity contribution >= 4 is 0 Å². The zero-order chi connectivity index (χ0) is 13.0. The molecule has 1 fully saturated rings. The molecule has 4 heteroatoms. The molecular weight excluding hydrogens is 224 g/mol. The van der Waals surface area contributed by atoms with Crippen molar-refractivity contribution in [2.24, 2.45) is 11.8 Å². The maximum atomic E-state index is 4.41. The van der Waals surface area contributed by atoms with E-state index in [9.17, 15) is 0 Å². The molecule has 4 nitrogen and oxygen atoms in total. The molecule has 1 saturated carbocycles. The standard InChI is InChI=1S/C14H26N4/c1-4-15-13(12-5-6-12)7-8-14-16-10-17-18(14)9-11(2)3/h10-13,15H,4-9H2,1-3H3. The summed E-state index contributed by atoms with van der Waals surface area (Å²) >= 11 is 0. The molecule has 0 amide bonds. The van der Waals surface area contributed by atoms with Gasteiger partial charge in [-0.25, -0.2) is 9.67 Å². The highest BCUT2D eigenvalue weighted by Gasteiger charge is 2.30. The van der Waals surface area contributed by atoms with Crippen LogP contribution in [-0.2, 0) is 13.0 Å². The molecule has 1 N–H and O–H groups in total. The van der Waals surface area contributed by atoms with Gasteiger partial charge >= 0.3 is 0 Å². The van der Waals surface area contributed by atoms with E-state index >= 15 is 0 Å². The molecule has 0 aromatic carbocycles. The lowest BCUT2D eigenvalue weighted by atomic mass is 10.1. The Morgan fingerprint density at radius 3 is 2.83 bits per heavy atom. The number of hydrogen-bond acceptors (Lipinski definition) is 3. The number of hydrogen-bond donors (Lipinski definition) is 1. The smallest absolute Gasteiger partial charge is 0.138 e. The highest BCUT2D eigenvalue weighted by atomic mass is 15.3. The molecule has 0 radical (unpaired) electrons. The van der Waals surface area contributed by atoms with Gasteiger partial charge in [-0.2, -0.15) is 5.10 Å². The fourth-order valence-corrected chi connectivity index (χ4v) is 2.53. The molecule has 0 saturated heterocycles. The van der Waals surface area contributed by atoms with Crippen molar-refractivity contribution in [2.45, 2.75) is 59.0 Å². The van der Waals surface area contributed by atoms with Gasteiger partial charge < -0.3 is 5.32 Å². The van der Waals surface area contributed by atoms with E-state index in [-0.39, 0.29) is 0 Å². The van der Waals surface area contributed by atoms with E-state index in [1.54, 1.807) is 6.33 Å². The highest BCUT2D eigenvalue weighted by Crippen LogP contribution is 2.34. The molecule has 1 aromatic heterocycles. The Balaban J connectivity index is 1.86. The minimum Gasteiger partial charge on any atom is -0.314 e. The lowest BCUT2D eigenvalue weighted by Gasteiger charge is -2.17. The average molecular weight is 250 g/mol. The quantitative estimate of drug-likeness (QED) is 0.769. The lowest BCUT2D eigenvalue weighted by Crippen LogP contribution is -2.31. The summed E-state index contributed by atoms with van der Waals surface area (Å²) < 4.78 is 2.07. The SMILES string of the molecule is CCNC(CCc1ncnn1CC(C)C)C1CC1. The van der Waals surface area contributed by atoms with Crippen molar-refractivity contribution in [2.75, 3.05) is 6.54 Å². The molecule has 1 aliphatic carbocycles. The third-order valence-corrected chi connectivity index (χ3v) is 3.57. The second kappa shape index (κ2) is 6.32. The first-order valence-corrected chi connectivity index (χ1v) is 7.30. The molecule has 1 heterocycles. The molecule has 1 atom stereocenters. The summed E-state index contributed by atoms with van der Waals surface area (Å²) in [4.78, 5) is 4.41. The largest absolute Gasteiger partial charge is 0.314 e. The van der Waals surface area contributed by atoms with Gasteiger partial charge in [-0.3, -0.25) is 0 Å². The summed E-state index contributed by atoms with van der Waals surface area (Å²) in [6.07, 6.45) is 6.72. The molecule has 18 heavy (non-hydrogen) atoms. The molecule has 0 bridgehead atoms. The lowest BCUT2D eigenvalue weighted by molar-refractivity contribution is 0.423. The fraction of sp³-hybridized carbons (Fsp3) is 0.857. The van der Waals surface area contributed by atoms with Gasteiger partial charge in [0.2, 0.25) is 0 Å². The van der Waals surface area contributed by atoms with Crippen molar-refractivity contribution in [3.63, 3.8) is 0 Å². The average Bonchev–Trinajstić information content (AvgIpc) is 3.07. The Bertz CT molecular complexity index is 354. The third kappa shape index (κ3) is 3.80. The Morgan fingerprint density at radius 1 is 1.44 bits per heavy atom. The minimum absolute atomic E-state index is 0.624. The van der Waals surface area contributed by atoms with Crippen LogP contribution in [0.2, 0.25) is 0 Å². The van der Waals surface area contributed by atoms with Gasteiger partial charge in [-0.1, -0.05) is 20.8 Å². The van der Waals surface area contributed by atoms with Crippen molar-refractivity contribution < 1.29 is 0 Å². The van der Waals surface area contributed by atoms with Crippen LogP contribution in [0.3, 0.4) is 0 Å². The third-order valence-electron chi connectivity index (χ3n) is 3.57. The summed E-state index contributed by atoms with van der Waals surface area (Å²) in [7, 11) is 0. The first-order valence-electron chi connectivity index (χ1n) is 7.30. The van der Waals surface area contributed by atoms with Gasteiger partial charge in [0.1, 0.15) is 12.2 Å². The van der Waals surface area contributed by atoms with E-state index in [4.69, 9.17) is 0 Å². The van der Waals surface area contributed by atoms with Crippen molar-refractivity contribution in [3.05, 3.63) is 12.2 Å². The normalized spacial score (nSPS) is 17.3. The van der Waals surface area contributed by atoms with Crippen LogP contribution in [-0.4, -0.2) is 27.4 Å². The molecule has 2 rings (SSSR count). The van der Waals surface area contributed by atoms with Crippen LogP contribution in [0.5, 0.6) is 0 Å². The second-order valence-corrected chi connectivity index (χ2v) is 5.79. The molecule has 1 aromatic rings. The zero-order valence-electron chi connectivity index (χ0n) is 11.9. The van der Waals surface area contributed by atoms with Crippen molar-refractivity contribution in [1.29, 1.82) is 0 Å². The number of nitrogens with one attached hydrogen (secondary N) is 1. The Kier molecular flexibility index (Phi) is 4.75. The van der Waals surface area contributed by atoms with Gasteiger partial charge in [0.05, 0.1) is 0 Å². The first kappa shape index (κ1) is 13.5. The minimum atomic E-state index is 0.624. The van der Waals surface area contributed by atoms with E-state index in [1.807, 2.05) is 0 Å². The second-order valence-electron chi connectivity index (χ2n) is 5.79. The monoisotopic (exact) mass is 250 g/mol. The van der Waals surface area contributed by atoms with Gasteiger partial charge in [-0.15, -0.1) is 0 Å². The summed E-state index contributed by atoms with van der Waals surface area (Å²) in [5.41, 5.74) is 0. The Morgan fingerprint density at radius 2 is 2.22 bits per heavy atom. The molecule has 102 valence electrons. The predicted octanol–water partition coefficient (Wildman–Crippen LogP) is 2.25. The van der Waals surface area contributed by atoms with Crippen LogP contribution < -0.4 is 5.32 Å². The van der Waals surface area contributed by atoms with Crippen LogP contribution in [0.1, 0.15) is 45.9 Å². The first-order chi connectivity index (χ1) is 8.70. The summed E-state index contributed by atoms with van der Waals surface area (Å²) in [5, 5.41) is 7.94. The number of aromatic nitrogens is 3. The van der Waals surface area contributed by atoms with Crippen LogP contribution in [0, 0.1) is 11.8 Å². The number of nitrogens with zero attached hydrogens (tertiary/aromatic N) is 3. The maximum absolute atomic E-state index is 4.41. The summed E-state index contributed by atoms with van der Waals surface area (Å²) in [5.74, 6) is 2.68. The summed E-state index contributed by atoms with van der Waals surface area (Å²) in [6, 6.07) is 0.680. The van der Waals surface area contributed by atoms with Crippen LogP contribution in [0.15, 0.2) is 6.33 Å². The van der Waals surface area contributed by atoms with Crippen LogP contribution >= 0.6 is 0 Å². The van der Waals surface area contributed by atoms with Gasteiger partial charge in [0, 0.05) is 19.0 Å². The van der Waals surface area contributed by atoms with Gasteiger partial charge in [0.15, 0.2) is 0 Å². The number of rotatable bonds is 8. The molecule has 1 unspecified atom stereocenters. The Hall–Kier alpha value is -0.900. The summed E-state index contributed by atoms with van der Waals surface area (Å²) in [6.45, 7) is 8.68. The Labute approximate surface area is 110 Å². The van der Waals surface area contributed by atoms with E-state index in [0.717, 1.165) is 31.3 Å². The molecule has 0 aliphatic heterocycles. The van der Waals surface area contributed by atoms with E-state index < -0.39 is 0 Å². The topological polar surface area (TPSA) is 42.7 Å². The maximum Gasteiger partial charge on any atom is 0.138 e. The fourth-order valence-electron chi connectivity index (χ4n) is 2.53. The van der Waals surface area contributed by atoms with Crippen molar-refractivity contribution in [3.8, 4) is 0 Å². The highest BCUT2D eigenvalue weighted by molar-refractivity contribution is 4.91. The van der Waals surface area contributed by atoms with Crippen molar-refractivity contribution in [1.82, 2.24) is 20.1 Å². The van der Waals surface area contributed by atoms with E-state index in [2.05, 4.69) is 40.9 Å². The van der Waals surface area contributed by atoms with Gasteiger partial charge in [-0.05, 0) is 37.6 Å². The molecular formula is C14H26N4. The zero-order valence-corrected chi connectivity index (χ0v) is 11.9.